The average Bonchev–Trinajstić information content (AvgIpc) is 2.37. The molecule has 1 aromatic heterocycles. The lowest BCUT2D eigenvalue weighted by atomic mass is 10.2. The third-order valence-corrected chi connectivity index (χ3v) is 3.87. The molecule has 0 fully saturated rings. The molecule has 0 saturated carbocycles. The van der Waals surface area contributed by atoms with Crippen molar-refractivity contribution in [2.24, 2.45) is 0 Å². The molecule has 2 rings (SSSR count). The van der Waals surface area contributed by atoms with E-state index in [4.69, 9.17) is 11.6 Å². The van der Waals surface area contributed by atoms with Crippen molar-refractivity contribution in [2.75, 3.05) is 4.72 Å². The van der Waals surface area contributed by atoms with Crippen LogP contribution >= 0.6 is 11.6 Å². The summed E-state index contributed by atoms with van der Waals surface area (Å²) in [4.78, 5) is 6.62. The summed E-state index contributed by atoms with van der Waals surface area (Å²) in [6.45, 7) is 0. The number of benzene rings is 1. The van der Waals surface area contributed by atoms with Gasteiger partial charge in [0.05, 0.1) is 10.5 Å². The van der Waals surface area contributed by atoms with Gasteiger partial charge in [0.1, 0.15) is 5.82 Å². The molecule has 1 aromatic carbocycles. The Bertz CT molecular complexity index is 765. The molecule has 0 amide bonds. The van der Waals surface area contributed by atoms with Crippen LogP contribution in [-0.2, 0) is 16.2 Å². The van der Waals surface area contributed by atoms with Gasteiger partial charge < -0.3 is 0 Å². The van der Waals surface area contributed by atoms with E-state index < -0.39 is 26.7 Å². The van der Waals surface area contributed by atoms with Crippen LogP contribution in [0.5, 0.6) is 0 Å². The first kappa shape index (κ1) is 15.5. The Balaban J connectivity index is 2.36. The van der Waals surface area contributed by atoms with Gasteiger partial charge in [-0.25, -0.2) is 13.4 Å². The standard InChI is InChI=1S/C11H7ClF3N3O2S/c12-10-16-5-4-9(17-10)18-21(19,20)8-3-1-2-7(6-8)11(13,14)15/h1-6H,(H,16,17,18). The lowest BCUT2D eigenvalue weighted by molar-refractivity contribution is -0.137. The number of anilines is 1. The number of nitrogens with one attached hydrogen (secondary N) is 1. The average molecular weight is 338 g/mol. The molecule has 0 aliphatic heterocycles. The second kappa shape index (κ2) is 5.49. The first-order chi connectivity index (χ1) is 9.68. The molecule has 0 aliphatic carbocycles. The number of alkyl halides is 3. The fraction of sp³-hybridized carbons (Fsp3) is 0.0909. The Labute approximate surface area is 122 Å². The van der Waals surface area contributed by atoms with E-state index in [0.29, 0.717) is 6.07 Å². The Morgan fingerprint density at radius 1 is 1.19 bits per heavy atom. The fourth-order valence-electron chi connectivity index (χ4n) is 1.43. The minimum absolute atomic E-state index is 0.146. The molecule has 0 saturated heterocycles. The van der Waals surface area contributed by atoms with Crippen LogP contribution in [0.25, 0.3) is 0 Å². The molecule has 2 aromatic rings. The highest BCUT2D eigenvalue weighted by molar-refractivity contribution is 7.92. The normalized spacial score (nSPS) is 12.2. The molecular formula is C11H7ClF3N3O2S. The predicted octanol–water partition coefficient (Wildman–Crippen LogP) is 2.95. The van der Waals surface area contributed by atoms with E-state index in [-0.39, 0.29) is 11.1 Å². The van der Waals surface area contributed by atoms with E-state index in [1.54, 1.807) is 0 Å². The van der Waals surface area contributed by atoms with Gasteiger partial charge in [-0.3, -0.25) is 4.72 Å². The van der Waals surface area contributed by atoms with Crippen molar-refractivity contribution < 1.29 is 21.6 Å². The monoisotopic (exact) mass is 337 g/mol. The molecule has 21 heavy (non-hydrogen) atoms. The third-order valence-electron chi connectivity index (χ3n) is 2.34. The second-order valence-electron chi connectivity index (χ2n) is 3.84. The van der Waals surface area contributed by atoms with E-state index in [0.717, 1.165) is 18.2 Å². The summed E-state index contributed by atoms with van der Waals surface area (Å²) in [6.07, 6.45) is -3.43. The minimum atomic E-state index is -4.64. The second-order valence-corrected chi connectivity index (χ2v) is 5.86. The predicted molar refractivity (Wildman–Crippen MR) is 69.3 cm³/mol. The Kier molecular flexibility index (Phi) is 4.06. The zero-order chi connectivity index (χ0) is 15.7. The van der Waals surface area contributed by atoms with Crippen molar-refractivity contribution in [3.63, 3.8) is 0 Å². The van der Waals surface area contributed by atoms with Crippen LogP contribution in [0.3, 0.4) is 0 Å². The molecule has 112 valence electrons. The van der Waals surface area contributed by atoms with Gasteiger partial charge in [0, 0.05) is 6.20 Å². The molecule has 5 nitrogen and oxygen atoms in total. The van der Waals surface area contributed by atoms with Gasteiger partial charge in [0.15, 0.2) is 0 Å². The van der Waals surface area contributed by atoms with Crippen LogP contribution in [-0.4, -0.2) is 18.4 Å². The van der Waals surface area contributed by atoms with Crippen LogP contribution < -0.4 is 4.72 Å². The summed E-state index contributed by atoms with van der Waals surface area (Å²) in [6, 6.07) is 4.58. The molecule has 0 aliphatic rings. The number of sulfonamides is 1. The lowest BCUT2D eigenvalue weighted by Gasteiger charge is -2.10. The van der Waals surface area contributed by atoms with Gasteiger partial charge in [0.2, 0.25) is 5.28 Å². The van der Waals surface area contributed by atoms with Crippen LogP contribution in [0, 0.1) is 0 Å². The number of hydrogen-bond donors (Lipinski definition) is 1. The Morgan fingerprint density at radius 2 is 1.90 bits per heavy atom. The summed E-state index contributed by atoms with van der Waals surface area (Å²) < 4.78 is 63.8. The SMILES string of the molecule is O=S(=O)(Nc1ccnc(Cl)n1)c1cccc(C(F)(F)F)c1. The van der Waals surface area contributed by atoms with E-state index in [9.17, 15) is 21.6 Å². The van der Waals surface area contributed by atoms with Crippen LogP contribution in [0.1, 0.15) is 5.56 Å². The minimum Gasteiger partial charge on any atom is -0.263 e. The van der Waals surface area contributed by atoms with Gasteiger partial charge in [-0.05, 0) is 35.9 Å². The van der Waals surface area contributed by atoms with Gasteiger partial charge in [-0.15, -0.1) is 0 Å². The lowest BCUT2D eigenvalue weighted by Crippen LogP contribution is -2.15. The van der Waals surface area contributed by atoms with Gasteiger partial charge in [0.25, 0.3) is 10.0 Å². The number of halogens is 4. The van der Waals surface area contributed by atoms with E-state index in [2.05, 4.69) is 9.97 Å². The number of hydrogen-bond acceptors (Lipinski definition) is 4. The topological polar surface area (TPSA) is 72.0 Å². The van der Waals surface area contributed by atoms with Crippen molar-refractivity contribution in [2.45, 2.75) is 11.1 Å². The summed E-state index contributed by atoms with van der Waals surface area (Å²) >= 11 is 5.50. The first-order valence-corrected chi connectivity index (χ1v) is 7.23. The zero-order valence-electron chi connectivity index (χ0n) is 10.1. The molecular weight excluding hydrogens is 331 g/mol. The highest BCUT2D eigenvalue weighted by atomic mass is 35.5. The summed E-state index contributed by atoms with van der Waals surface area (Å²) in [5.74, 6) is -0.146. The fourth-order valence-corrected chi connectivity index (χ4v) is 2.62. The number of aromatic nitrogens is 2. The van der Waals surface area contributed by atoms with Crippen molar-refractivity contribution in [3.05, 3.63) is 47.4 Å². The summed E-state index contributed by atoms with van der Waals surface area (Å²) in [5, 5.41) is -0.195. The van der Waals surface area contributed by atoms with Crippen molar-refractivity contribution in [3.8, 4) is 0 Å². The molecule has 0 bridgehead atoms. The largest absolute Gasteiger partial charge is 0.416 e. The molecule has 0 spiro atoms. The maximum Gasteiger partial charge on any atom is 0.416 e. The summed E-state index contributed by atoms with van der Waals surface area (Å²) in [5.41, 5.74) is -1.06. The van der Waals surface area contributed by atoms with Gasteiger partial charge in [-0.2, -0.15) is 18.2 Å². The molecule has 0 unspecified atom stereocenters. The maximum atomic E-state index is 12.6. The van der Waals surface area contributed by atoms with Gasteiger partial charge >= 0.3 is 6.18 Å². The molecule has 10 heteroatoms. The van der Waals surface area contributed by atoms with Gasteiger partial charge in [-0.1, -0.05) is 6.07 Å². The molecule has 0 radical (unpaired) electrons. The Hall–Kier alpha value is -1.87. The quantitative estimate of drug-likeness (QED) is 0.874. The van der Waals surface area contributed by atoms with E-state index in [1.807, 2.05) is 4.72 Å². The third kappa shape index (κ3) is 3.82. The van der Waals surface area contributed by atoms with Crippen LogP contribution in [0.15, 0.2) is 41.4 Å². The number of nitrogens with zero attached hydrogens (tertiary/aromatic N) is 2. The Morgan fingerprint density at radius 3 is 2.52 bits per heavy atom. The summed E-state index contributed by atoms with van der Waals surface area (Å²) in [7, 11) is -4.21. The van der Waals surface area contributed by atoms with Crippen molar-refractivity contribution >= 4 is 27.4 Å². The van der Waals surface area contributed by atoms with E-state index >= 15 is 0 Å². The molecule has 1 N–H and O–H groups in total. The maximum absolute atomic E-state index is 12.6. The smallest absolute Gasteiger partial charge is 0.263 e. The van der Waals surface area contributed by atoms with Crippen LogP contribution in [0.2, 0.25) is 5.28 Å². The van der Waals surface area contributed by atoms with E-state index in [1.165, 1.54) is 12.3 Å². The van der Waals surface area contributed by atoms with Crippen molar-refractivity contribution in [1.82, 2.24) is 9.97 Å². The molecule has 1 heterocycles. The van der Waals surface area contributed by atoms with Crippen molar-refractivity contribution in [1.29, 1.82) is 0 Å². The molecule has 0 atom stereocenters. The highest BCUT2D eigenvalue weighted by Gasteiger charge is 2.31. The number of rotatable bonds is 3. The first-order valence-electron chi connectivity index (χ1n) is 5.37. The van der Waals surface area contributed by atoms with Crippen LogP contribution in [0.4, 0.5) is 19.0 Å². The highest BCUT2D eigenvalue weighted by Crippen LogP contribution is 2.30. The zero-order valence-corrected chi connectivity index (χ0v) is 11.7.